The number of anilines is 2. The molecule has 3 aromatic rings. The summed E-state index contributed by atoms with van der Waals surface area (Å²) in [4.78, 5) is 43.4. The van der Waals surface area contributed by atoms with Crippen LogP contribution in [-0.4, -0.2) is 33.8 Å². The first-order chi connectivity index (χ1) is 16.8. The molecule has 0 saturated carbocycles. The molecule has 4 rings (SSSR count). The summed E-state index contributed by atoms with van der Waals surface area (Å²) in [5, 5.41) is 13.9. The number of hydrogen-bond donors (Lipinski definition) is 2. The Balaban J connectivity index is 1.80. The van der Waals surface area contributed by atoms with Gasteiger partial charge in [-0.05, 0) is 74.5 Å². The van der Waals surface area contributed by atoms with E-state index in [1.54, 1.807) is 72.9 Å². The zero-order valence-corrected chi connectivity index (χ0v) is 19.6. The van der Waals surface area contributed by atoms with Gasteiger partial charge in [-0.15, -0.1) is 0 Å². The van der Waals surface area contributed by atoms with E-state index in [2.05, 4.69) is 10.3 Å². The lowest BCUT2D eigenvalue weighted by atomic mass is 9.98. The summed E-state index contributed by atoms with van der Waals surface area (Å²) in [5.74, 6) is -1.50. The first-order valence-corrected chi connectivity index (χ1v) is 11.1. The van der Waals surface area contributed by atoms with Crippen molar-refractivity contribution in [2.75, 3.05) is 10.2 Å². The maximum absolute atomic E-state index is 13.2. The van der Waals surface area contributed by atoms with Gasteiger partial charge in [0.25, 0.3) is 11.7 Å². The number of rotatable bonds is 6. The summed E-state index contributed by atoms with van der Waals surface area (Å²) in [6.45, 7) is 5.21. The number of nitrogens with one attached hydrogen (secondary N) is 1. The predicted molar refractivity (Wildman–Crippen MR) is 132 cm³/mol. The molecule has 2 amide bonds. The number of aliphatic hydroxyl groups is 1. The van der Waals surface area contributed by atoms with Crippen LogP contribution in [0.15, 0.2) is 78.5 Å². The lowest BCUT2D eigenvalue weighted by Crippen LogP contribution is -2.29. The number of aliphatic hydroxyl groups excluding tert-OH is 1. The molecule has 1 saturated heterocycles. The maximum Gasteiger partial charge on any atom is 0.300 e. The molecule has 35 heavy (non-hydrogen) atoms. The van der Waals surface area contributed by atoms with Crippen LogP contribution in [0.5, 0.6) is 5.75 Å². The summed E-state index contributed by atoms with van der Waals surface area (Å²) in [5.41, 5.74) is 1.73. The monoisotopic (exact) mass is 471 g/mol. The fourth-order valence-corrected chi connectivity index (χ4v) is 3.94. The summed E-state index contributed by atoms with van der Waals surface area (Å²) < 4.78 is 5.65. The van der Waals surface area contributed by atoms with Gasteiger partial charge in [0, 0.05) is 30.1 Å². The van der Waals surface area contributed by atoms with Crippen LogP contribution >= 0.6 is 0 Å². The van der Waals surface area contributed by atoms with E-state index in [9.17, 15) is 19.5 Å². The molecule has 1 fully saturated rings. The molecule has 1 unspecified atom stereocenters. The standard InChI is InChI=1S/C27H25N3O5/c1-16(2)35-21-13-7-18(8-14-21)25(32)23-24(22-6-4-5-15-28-22)30(27(34)26(23)33)20-11-9-19(10-12-20)29-17(3)31/h4-16,24,32H,1-3H3,(H,29,31)/b25-23-. The van der Waals surface area contributed by atoms with Gasteiger partial charge in [0.2, 0.25) is 5.91 Å². The number of ether oxygens (including phenoxy) is 1. The van der Waals surface area contributed by atoms with Gasteiger partial charge >= 0.3 is 0 Å². The third-order valence-corrected chi connectivity index (χ3v) is 5.38. The Hall–Kier alpha value is -4.46. The Kier molecular flexibility index (Phi) is 6.64. The second-order valence-electron chi connectivity index (χ2n) is 8.34. The van der Waals surface area contributed by atoms with Crippen molar-refractivity contribution in [1.82, 2.24) is 4.98 Å². The van der Waals surface area contributed by atoms with E-state index in [1.165, 1.54) is 11.8 Å². The molecule has 0 aliphatic carbocycles. The lowest BCUT2D eigenvalue weighted by Gasteiger charge is -2.24. The van der Waals surface area contributed by atoms with Crippen LogP contribution in [0.4, 0.5) is 11.4 Å². The molecule has 178 valence electrons. The number of ketones is 1. The van der Waals surface area contributed by atoms with E-state index < -0.39 is 17.7 Å². The second kappa shape index (κ2) is 9.80. The number of Topliss-reactive ketones (excluding diaryl/α,β-unsaturated/α-hetero) is 1. The lowest BCUT2D eigenvalue weighted by molar-refractivity contribution is -0.132. The summed E-state index contributed by atoms with van der Waals surface area (Å²) in [6, 6.07) is 17.4. The molecule has 2 heterocycles. The van der Waals surface area contributed by atoms with Crippen LogP contribution < -0.4 is 15.0 Å². The quantitative estimate of drug-likeness (QED) is 0.312. The van der Waals surface area contributed by atoms with Gasteiger partial charge in [0.05, 0.1) is 17.4 Å². The van der Waals surface area contributed by atoms with E-state index in [-0.39, 0.29) is 23.3 Å². The number of aromatic nitrogens is 1. The van der Waals surface area contributed by atoms with Crippen LogP contribution in [0.3, 0.4) is 0 Å². The van der Waals surface area contributed by atoms with Crippen LogP contribution in [0.1, 0.15) is 38.1 Å². The molecule has 0 bridgehead atoms. The highest BCUT2D eigenvalue weighted by molar-refractivity contribution is 6.51. The fraction of sp³-hybridized carbons (Fsp3) is 0.185. The molecule has 1 atom stereocenters. The number of carbonyl (C=O) groups is 3. The van der Waals surface area contributed by atoms with E-state index in [4.69, 9.17) is 4.74 Å². The van der Waals surface area contributed by atoms with Crippen molar-refractivity contribution in [1.29, 1.82) is 0 Å². The smallest absolute Gasteiger partial charge is 0.300 e. The molecular formula is C27H25N3O5. The van der Waals surface area contributed by atoms with Gasteiger partial charge in [-0.25, -0.2) is 0 Å². The third kappa shape index (κ3) is 4.91. The highest BCUT2D eigenvalue weighted by Gasteiger charge is 2.47. The number of benzene rings is 2. The Morgan fingerprint density at radius 2 is 1.71 bits per heavy atom. The number of pyridine rings is 1. The van der Waals surface area contributed by atoms with Crippen molar-refractivity contribution >= 4 is 34.7 Å². The van der Waals surface area contributed by atoms with Crippen LogP contribution in [0.25, 0.3) is 5.76 Å². The molecule has 1 aliphatic heterocycles. The molecule has 1 aliphatic rings. The Labute approximate surface area is 202 Å². The van der Waals surface area contributed by atoms with Crippen LogP contribution in [0.2, 0.25) is 0 Å². The summed E-state index contributed by atoms with van der Waals surface area (Å²) in [7, 11) is 0. The van der Waals surface area contributed by atoms with Gasteiger partial charge in [0.1, 0.15) is 17.6 Å². The Bertz CT molecular complexity index is 1280. The first-order valence-electron chi connectivity index (χ1n) is 11.1. The van der Waals surface area contributed by atoms with Crippen molar-refractivity contribution in [2.45, 2.75) is 32.9 Å². The van der Waals surface area contributed by atoms with Gasteiger partial charge in [0.15, 0.2) is 0 Å². The predicted octanol–water partition coefficient (Wildman–Crippen LogP) is 4.45. The molecule has 8 heteroatoms. The van der Waals surface area contributed by atoms with E-state index in [0.717, 1.165) is 0 Å². The van der Waals surface area contributed by atoms with Gasteiger partial charge in [-0.3, -0.25) is 24.3 Å². The minimum atomic E-state index is -0.936. The fourth-order valence-electron chi connectivity index (χ4n) is 3.94. The summed E-state index contributed by atoms with van der Waals surface area (Å²) >= 11 is 0. The Morgan fingerprint density at radius 1 is 1.03 bits per heavy atom. The molecule has 0 radical (unpaired) electrons. The van der Waals surface area contributed by atoms with Gasteiger partial charge in [-0.1, -0.05) is 6.07 Å². The highest BCUT2D eigenvalue weighted by atomic mass is 16.5. The van der Waals surface area contributed by atoms with Crippen LogP contribution in [-0.2, 0) is 14.4 Å². The van der Waals surface area contributed by atoms with Crippen molar-refractivity contribution in [2.24, 2.45) is 0 Å². The largest absolute Gasteiger partial charge is 0.507 e. The molecule has 0 spiro atoms. The van der Waals surface area contributed by atoms with E-state index in [1.807, 2.05) is 13.8 Å². The molecule has 8 nitrogen and oxygen atoms in total. The zero-order chi connectivity index (χ0) is 25.1. The molecule has 2 N–H and O–H groups in total. The molecular weight excluding hydrogens is 446 g/mol. The van der Waals surface area contributed by atoms with Crippen molar-refractivity contribution in [3.8, 4) is 5.75 Å². The number of hydrogen-bond acceptors (Lipinski definition) is 6. The van der Waals surface area contributed by atoms with Crippen LogP contribution in [0, 0.1) is 0 Å². The van der Waals surface area contributed by atoms with E-state index >= 15 is 0 Å². The average molecular weight is 472 g/mol. The third-order valence-electron chi connectivity index (χ3n) is 5.38. The van der Waals surface area contributed by atoms with E-state index in [0.29, 0.717) is 28.4 Å². The van der Waals surface area contributed by atoms with Crippen molar-refractivity contribution in [3.63, 3.8) is 0 Å². The Morgan fingerprint density at radius 3 is 2.29 bits per heavy atom. The number of nitrogens with zero attached hydrogens (tertiary/aromatic N) is 2. The normalized spacial score (nSPS) is 17.0. The highest BCUT2D eigenvalue weighted by Crippen LogP contribution is 2.41. The van der Waals surface area contributed by atoms with Crippen molar-refractivity contribution < 1.29 is 24.2 Å². The molecule has 2 aromatic carbocycles. The minimum absolute atomic E-state index is 0.0130. The SMILES string of the molecule is CC(=O)Nc1ccc(N2C(=O)C(=O)/C(=C(\O)c3ccc(OC(C)C)cc3)C2c2ccccn2)cc1. The minimum Gasteiger partial charge on any atom is -0.507 e. The average Bonchev–Trinajstić information content (AvgIpc) is 3.10. The van der Waals surface area contributed by atoms with Gasteiger partial charge < -0.3 is 15.2 Å². The topological polar surface area (TPSA) is 109 Å². The number of amides is 2. The molecule has 1 aromatic heterocycles. The maximum atomic E-state index is 13.2. The summed E-state index contributed by atoms with van der Waals surface area (Å²) in [6.07, 6.45) is 1.55. The first kappa shape index (κ1) is 23.7. The second-order valence-corrected chi connectivity index (χ2v) is 8.34. The number of carbonyl (C=O) groups excluding carboxylic acids is 3. The van der Waals surface area contributed by atoms with Gasteiger partial charge in [-0.2, -0.15) is 0 Å². The zero-order valence-electron chi connectivity index (χ0n) is 19.6. The van der Waals surface area contributed by atoms with Crippen molar-refractivity contribution in [3.05, 3.63) is 89.8 Å².